The highest BCUT2D eigenvalue weighted by Gasteiger charge is 2.23. The first-order valence-electron chi connectivity index (χ1n) is 7.74. The van der Waals surface area contributed by atoms with Gasteiger partial charge in [-0.1, -0.05) is 19.4 Å². The van der Waals surface area contributed by atoms with Crippen molar-refractivity contribution in [2.45, 2.75) is 38.8 Å². The molecule has 5 nitrogen and oxygen atoms in total. The van der Waals surface area contributed by atoms with Crippen molar-refractivity contribution in [3.05, 3.63) is 28.7 Å². The molecule has 2 aromatic rings. The fraction of sp³-hybridized carbons (Fsp3) is 0.562. The molecule has 0 radical (unpaired) electrons. The van der Waals surface area contributed by atoms with Gasteiger partial charge < -0.3 is 9.72 Å². The number of rotatable bonds is 4. The molecule has 1 saturated heterocycles. The van der Waals surface area contributed by atoms with Crippen LogP contribution >= 0.6 is 0 Å². The Kier molecular flexibility index (Phi) is 4.01. The van der Waals surface area contributed by atoms with E-state index in [1.54, 1.807) is 7.11 Å². The molecular weight excluding hydrogens is 266 g/mol. The van der Waals surface area contributed by atoms with Gasteiger partial charge in [0.15, 0.2) is 0 Å². The lowest BCUT2D eigenvalue weighted by molar-refractivity contribution is 0.140. The van der Waals surface area contributed by atoms with Crippen LogP contribution in [0, 0.1) is 0 Å². The fourth-order valence-corrected chi connectivity index (χ4v) is 3.42. The predicted octanol–water partition coefficient (Wildman–Crippen LogP) is 2.21. The molecule has 1 aromatic heterocycles. The fourth-order valence-electron chi connectivity index (χ4n) is 3.42. The van der Waals surface area contributed by atoms with Crippen molar-refractivity contribution >= 4 is 11.0 Å². The number of benzene rings is 1. The van der Waals surface area contributed by atoms with E-state index in [0.717, 1.165) is 42.8 Å². The Bertz CT molecular complexity index is 674. The lowest BCUT2D eigenvalue weighted by Crippen LogP contribution is -2.43. The number of aromatic nitrogens is 2. The van der Waals surface area contributed by atoms with Gasteiger partial charge in [0.1, 0.15) is 11.3 Å². The number of fused-ring (bicyclic) bond motifs is 1. The first kappa shape index (κ1) is 14.2. The van der Waals surface area contributed by atoms with Crippen LogP contribution in [0.1, 0.15) is 26.2 Å². The molecule has 3 rings (SSSR count). The van der Waals surface area contributed by atoms with Gasteiger partial charge in [-0.2, -0.15) is 0 Å². The normalized spacial score (nSPS) is 20.0. The van der Waals surface area contributed by atoms with E-state index in [-0.39, 0.29) is 5.69 Å². The van der Waals surface area contributed by atoms with E-state index in [4.69, 9.17) is 4.74 Å². The van der Waals surface area contributed by atoms with Gasteiger partial charge in [0.05, 0.1) is 12.6 Å². The molecule has 1 fully saturated rings. The number of ether oxygens (including phenoxy) is 1. The number of likely N-dealkylation sites (tertiary alicyclic amines) is 1. The van der Waals surface area contributed by atoms with Crippen LogP contribution < -0.4 is 10.4 Å². The summed E-state index contributed by atoms with van der Waals surface area (Å²) in [5.74, 6) is 0.754. The van der Waals surface area contributed by atoms with Crippen molar-refractivity contribution in [1.82, 2.24) is 14.5 Å². The minimum absolute atomic E-state index is 0.0453. The largest absolute Gasteiger partial charge is 0.494 e. The smallest absolute Gasteiger partial charge is 0.326 e. The summed E-state index contributed by atoms with van der Waals surface area (Å²) in [6.45, 7) is 5.10. The molecule has 0 bridgehead atoms. The summed E-state index contributed by atoms with van der Waals surface area (Å²) in [4.78, 5) is 17.7. The number of hydrogen-bond acceptors (Lipinski definition) is 3. The summed E-state index contributed by atoms with van der Waals surface area (Å²) in [5.41, 5.74) is 1.68. The molecule has 1 N–H and O–H groups in total. The molecule has 5 heteroatoms. The van der Waals surface area contributed by atoms with E-state index < -0.39 is 0 Å². The standard InChI is InChI=1S/C16H23N3O2/c1-3-18-10-5-4-7-12(18)11-19-15-13(17-16(19)20)8-6-9-14(15)21-2/h6,8-9,12H,3-5,7,10-11H2,1-2H3,(H,17,20). The zero-order chi connectivity index (χ0) is 14.8. The third-order valence-corrected chi connectivity index (χ3v) is 4.52. The van der Waals surface area contributed by atoms with Crippen LogP contribution in [0.25, 0.3) is 11.0 Å². The quantitative estimate of drug-likeness (QED) is 0.939. The van der Waals surface area contributed by atoms with Crippen molar-refractivity contribution in [2.24, 2.45) is 0 Å². The highest BCUT2D eigenvalue weighted by atomic mass is 16.5. The van der Waals surface area contributed by atoms with Gasteiger partial charge in [0.2, 0.25) is 0 Å². The van der Waals surface area contributed by atoms with Crippen LogP contribution in [0.5, 0.6) is 5.75 Å². The molecule has 0 aliphatic carbocycles. The average molecular weight is 289 g/mol. The molecule has 1 aliphatic rings. The van der Waals surface area contributed by atoms with Crippen LogP contribution in [0.15, 0.2) is 23.0 Å². The first-order chi connectivity index (χ1) is 10.2. The molecule has 114 valence electrons. The Balaban J connectivity index is 2.00. The SMILES string of the molecule is CCN1CCCCC1Cn1c(=O)[nH]c2cccc(OC)c21. The Morgan fingerprint density at radius 3 is 3.00 bits per heavy atom. The summed E-state index contributed by atoms with van der Waals surface area (Å²) < 4.78 is 7.27. The lowest BCUT2D eigenvalue weighted by atomic mass is 10.0. The maximum Gasteiger partial charge on any atom is 0.326 e. The molecule has 0 saturated carbocycles. The van der Waals surface area contributed by atoms with Gasteiger partial charge >= 0.3 is 5.69 Å². The highest BCUT2D eigenvalue weighted by molar-refractivity contribution is 5.82. The molecule has 1 unspecified atom stereocenters. The Hall–Kier alpha value is -1.75. The third-order valence-electron chi connectivity index (χ3n) is 4.52. The summed E-state index contributed by atoms with van der Waals surface area (Å²) >= 11 is 0. The molecule has 0 amide bonds. The van der Waals surface area contributed by atoms with Crippen LogP contribution in [0.3, 0.4) is 0 Å². The second-order valence-corrected chi connectivity index (χ2v) is 5.68. The number of nitrogens with one attached hydrogen (secondary N) is 1. The third kappa shape index (κ3) is 2.58. The molecule has 1 aromatic carbocycles. The van der Waals surface area contributed by atoms with Gasteiger partial charge in [0, 0.05) is 12.6 Å². The highest BCUT2D eigenvalue weighted by Crippen LogP contribution is 2.25. The van der Waals surface area contributed by atoms with Crippen molar-refractivity contribution in [3.8, 4) is 5.75 Å². The molecule has 21 heavy (non-hydrogen) atoms. The predicted molar refractivity (Wildman–Crippen MR) is 84.0 cm³/mol. The van der Waals surface area contributed by atoms with Crippen LogP contribution in [0.2, 0.25) is 0 Å². The minimum atomic E-state index is -0.0453. The first-order valence-corrected chi connectivity index (χ1v) is 7.74. The number of aromatic amines is 1. The minimum Gasteiger partial charge on any atom is -0.494 e. The molecule has 2 heterocycles. The Labute approximate surface area is 124 Å². The zero-order valence-electron chi connectivity index (χ0n) is 12.8. The van der Waals surface area contributed by atoms with Gasteiger partial charge in [-0.05, 0) is 38.1 Å². The van der Waals surface area contributed by atoms with Gasteiger partial charge in [-0.3, -0.25) is 9.47 Å². The number of para-hydroxylation sites is 1. The van der Waals surface area contributed by atoms with Crippen molar-refractivity contribution in [3.63, 3.8) is 0 Å². The number of methoxy groups -OCH3 is 1. The van der Waals surface area contributed by atoms with Crippen LogP contribution in [0.4, 0.5) is 0 Å². The number of H-pyrrole nitrogens is 1. The van der Waals surface area contributed by atoms with E-state index in [1.165, 1.54) is 12.8 Å². The number of imidazole rings is 1. The van der Waals surface area contributed by atoms with Gasteiger partial charge in [0.25, 0.3) is 0 Å². The number of piperidine rings is 1. The van der Waals surface area contributed by atoms with Crippen LogP contribution in [-0.4, -0.2) is 40.7 Å². The number of hydrogen-bond donors (Lipinski definition) is 1. The molecule has 1 atom stereocenters. The Morgan fingerprint density at radius 2 is 2.24 bits per heavy atom. The lowest BCUT2D eigenvalue weighted by Gasteiger charge is -2.35. The van der Waals surface area contributed by atoms with E-state index in [0.29, 0.717) is 6.04 Å². The summed E-state index contributed by atoms with van der Waals surface area (Å²) in [7, 11) is 1.65. The second-order valence-electron chi connectivity index (χ2n) is 5.68. The van der Waals surface area contributed by atoms with Gasteiger partial charge in [-0.15, -0.1) is 0 Å². The number of likely N-dealkylation sites (N-methyl/N-ethyl adjacent to an activating group) is 1. The molecule has 1 aliphatic heterocycles. The summed E-state index contributed by atoms with van der Waals surface area (Å²) in [5, 5.41) is 0. The average Bonchev–Trinajstić information content (AvgIpc) is 2.84. The topological polar surface area (TPSA) is 50.3 Å². The van der Waals surface area contributed by atoms with E-state index in [1.807, 2.05) is 22.8 Å². The molecular formula is C16H23N3O2. The summed E-state index contributed by atoms with van der Waals surface area (Å²) in [6, 6.07) is 6.17. The maximum absolute atomic E-state index is 12.3. The van der Waals surface area contributed by atoms with Gasteiger partial charge in [-0.25, -0.2) is 4.79 Å². The monoisotopic (exact) mass is 289 g/mol. The second kappa shape index (κ2) is 5.93. The summed E-state index contributed by atoms with van der Waals surface area (Å²) in [6.07, 6.45) is 3.66. The number of nitrogens with zero attached hydrogens (tertiary/aromatic N) is 2. The van der Waals surface area contributed by atoms with E-state index >= 15 is 0 Å². The van der Waals surface area contributed by atoms with Crippen molar-refractivity contribution in [1.29, 1.82) is 0 Å². The van der Waals surface area contributed by atoms with Crippen molar-refractivity contribution in [2.75, 3.05) is 20.2 Å². The van der Waals surface area contributed by atoms with E-state index in [2.05, 4.69) is 16.8 Å². The van der Waals surface area contributed by atoms with E-state index in [9.17, 15) is 4.79 Å². The Morgan fingerprint density at radius 1 is 1.38 bits per heavy atom. The maximum atomic E-state index is 12.3. The van der Waals surface area contributed by atoms with Crippen LogP contribution in [-0.2, 0) is 6.54 Å². The van der Waals surface area contributed by atoms with Crippen molar-refractivity contribution < 1.29 is 4.74 Å². The zero-order valence-corrected chi connectivity index (χ0v) is 12.8. The molecule has 0 spiro atoms.